The Balaban J connectivity index is 1.54. The number of hydrogen-bond acceptors (Lipinski definition) is 6. The predicted molar refractivity (Wildman–Crippen MR) is 115 cm³/mol. The number of benzene rings is 2. The van der Waals surface area contributed by atoms with Crippen LogP contribution in [0.5, 0.6) is 11.6 Å². The number of ether oxygens (including phenoxy) is 2. The summed E-state index contributed by atoms with van der Waals surface area (Å²) < 4.78 is 24.5. The Labute approximate surface area is 176 Å². The summed E-state index contributed by atoms with van der Waals surface area (Å²) in [4.78, 5) is 21.6. The molecule has 2 aromatic carbocycles. The summed E-state index contributed by atoms with van der Waals surface area (Å²) in [5, 5.41) is 5.39. The van der Waals surface area contributed by atoms with E-state index in [0.29, 0.717) is 29.3 Å². The van der Waals surface area contributed by atoms with E-state index < -0.39 is 0 Å². The molecule has 0 fully saturated rings. The molecule has 0 aliphatic carbocycles. The second-order valence-corrected chi connectivity index (χ2v) is 7.14. The van der Waals surface area contributed by atoms with E-state index in [4.69, 9.17) is 9.47 Å². The lowest BCUT2D eigenvalue weighted by atomic mass is 10.1. The third-order valence-corrected chi connectivity index (χ3v) is 5.18. The van der Waals surface area contributed by atoms with Crippen LogP contribution in [0.1, 0.15) is 6.92 Å². The van der Waals surface area contributed by atoms with Crippen LogP contribution in [0.4, 0.5) is 10.1 Å². The lowest BCUT2D eigenvalue weighted by Crippen LogP contribution is -2.21. The Morgan fingerprint density at radius 1 is 1.10 bits per heavy atom. The largest absolute Gasteiger partial charge is 0.492 e. The van der Waals surface area contributed by atoms with Gasteiger partial charge in [0.25, 0.3) is 5.91 Å². The van der Waals surface area contributed by atoms with E-state index in [1.807, 2.05) is 24.4 Å². The first-order valence-corrected chi connectivity index (χ1v) is 10.2. The number of thiophene rings is 1. The summed E-state index contributed by atoms with van der Waals surface area (Å²) in [6, 6.07) is 13.4. The number of fused-ring (bicyclic) bond motifs is 1. The molecular weight excluding hydrogens is 405 g/mol. The summed E-state index contributed by atoms with van der Waals surface area (Å²) in [6.07, 6.45) is 1.39. The molecule has 0 saturated heterocycles. The van der Waals surface area contributed by atoms with Gasteiger partial charge in [-0.25, -0.2) is 14.4 Å². The Kier molecular flexibility index (Phi) is 5.85. The average Bonchev–Trinajstić information content (AvgIpc) is 3.19. The van der Waals surface area contributed by atoms with Gasteiger partial charge >= 0.3 is 0 Å². The fourth-order valence-electron chi connectivity index (χ4n) is 2.97. The van der Waals surface area contributed by atoms with Crippen molar-refractivity contribution in [2.24, 2.45) is 0 Å². The third kappa shape index (κ3) is 4.23. The molecule has 1 N–H and O–H groups in total. The van der Waals surface area contributed by atoms with Crippen molar-refractivity contribution < 1.29 is 18.7 Å². The van der Waals surface area contributed by atoms with Gasteiger partial charge in [-0.3, -0.25) is 4.79 Å². The molecule has 0 radical (unpaired) electrons. The molecule has 0 spiro atoms. The van der Waals surface area contributed by atoms with Crippen LogP contribution in [0.25, 0.3) is 21.3 Å². The van der Waals surface area contributed by atoms with Crippen molar-refractivity contribution in [1.82, 2.24) is 9.97 Å². The maximum absolute atomic E-state index is 13.3. The van der Waals surface area contributed by atoms with Crippen LogP contribution < -0.4 is 14.8 Å². The molecule has 4 rings (SSSR count). The first-order valence-electron chi connectivity index (χ1n) is 9.28. The first kappa shape index (κ1) is 19.8. The van der Waals surface area contributed by atoms with Gasteiger partial charge in [0.05, 0.1) is 17.7 Å². The van der Waals surface area contributed by atoms with E-state index >= 15 is 0 Å². The monoisotopic (exact) mass is 423 g/mol. The number of hydrogen-bond donors (Lipinski definition) is 1. The highest BCUT2D eigenvalue weighted by atomic mass is 32.1. The van der Waals surface area contributed by atoms with Crippen molar-refractivity contribution in [3.63, 3.8) is 0 Å². The van der Waals surface area contributed by atoms with Crippen molar-refractivity contribution >= 4 is 33.1 Å². The Bertz CT molecular complexity index is 1180. The fraction of sp³-hybridized carbons (Fsp3) is 0.136. The minimum absolute atomic E-state index is 0.231. The number of rotatable bonds is 7. The Morgan fingerprint density at radius 2 is 1.90 bits per heavy atom. The van der Waals surface area contributed by atoms with Gasteiger partial charge in [0.1, 0.15) is 22.7 Å². The maximum atomic E-state index is 13.3. The maximum Gasteiger partial charge on any atom is 0.262 e. The zero-order valence-corrected chi connectivity index (χ0v) is 16.9. The molecule has 0 unspecified atom stereocenters. The summed E-state index contributed by atoms with van der Waals surface area (Å²) in [5.41, 5.74) is 2.22. The second kappa shape index (κ2) is 8.87. The number of halogens is 1. The van der Waals surface area contributed by atoms with Gasteiger partial charge in [-0.05, 0) is 36.8 Å². The van der Waals surface area contributed by atoms with Crippen molar-refractivity contribution in [3.8, 4) is 22.8 Å². The molecule has 6 nitrogen and oxygen atoms in total. The van der Waals surface area contributed by atoms with Crippen LogP contribution in [0.3, 0.4) is 0 Å². The normalized spacial score (nSPS) is 10.7. The van der Waals surface area contributed by atoms with Crippen molar-refractivity contribution in [2.45, 2.75) is 6.92 Å². The quantitative estimate of drug-likeness (QED) is 0.457. The molecule has 0 bridgehead atoms. The van der Waals surface area contributed by atoms with Crippen LogP contribution in [-0.2, 0) is 4.79 Å². The van der Waals surface area contributed by atoms with Gasteiger partial charge < -0.3 is 14.8 Å². The molecule has 4 aromatic rings. The summed E-state index contributed by atoms with van der Waals surface area (Å²) >= 11 is 1.43. The number of aromatic nitrogens is 2. The molecule has 152 valence electrons. The van der Waals surface area contributed by atoms with Gasteiger partial charge in [0, 0.05) is 10.9 Å². The minimum atomic E-state index is -0.340. The highest BCUT2D eigenvalue weighted by Crippen LogP contribution is 2.37. The highest BCUT2D eigenvalue weighted by Gasteiger charge is 2.16. The van der Waals surface area contributed by atoms with Crippen molar-refractivity contribution in [3.05, 3.63) is 66.1 Å². The smallest absolute Gasteiger partial charge is 0.262 e. The van der Waals surface area contributed by atoms with Gasteiger partial charge in [0.2, 0.25) is 5.88 Å². The fourth-order valence-corrected chi connectivity index (χ4v) is 3.88. The number of carbonyl (C=O) groups is 1. The summed E-state index contributed by atoms with van der Waals surface area (Å²) in [5.74, 6) is 0.241. The molecule has 0 atom stereocenters. The van der Waals surface area contributed by atoms with Crippen LogP contribution in [0, 0.1) is 5.82 Å². The number of carbonyl (C=O) groups excluding carboxylic acids is 1. The third-order valence-electron chi connectivity index (χ3n) is 4.29. The van der Waals surface area contributed by atoms with Crippen molar-refractivity contribution in [2.75, 3.05) is 18.5 Å². The number of amides is 1. The second-order valence-electron chi connectivity index (χ2n) is 6.28. The van der Waals surface area contributed by atoms with E-state index in [1.165, 1.54) is 29.8 Å². The topological polar surface area (TPSA) is 73.3 Å². The van der Waals surface area contributed by atoms with Crippen molar-refractivity contribution in [1.29, 1.82) is 0 Å². The molecule has 0 aliphatic rings. The first-order chi connectivity index (χ1) is 14.7. The number of anilines is 1. The minimum Gasteiger partial charge on any atom is -0.492 e. The number of nitrogens with zero attached hydrogens (tertiary/aromatic N) is 2. The van der Waals surface area contributed by atoms with Gasteiger partial charge in [0.15, 0.2) is 6.61 Å². The lowest BCUT2D eigenvalue weighted by Gasteiger charge is -2.12. The van der Waals surface area contributed by atoms with Crippen LogP contribution in [-0.4, -0.2) is 29.1 Å². The van der Waals surface area contributed by atoms with E-state index in [0.717, 1.165) is 16.0 Å². The molecule has 1 amide bonds. The van der Waals surface area contributed by atoms with Crippen LogP contribution in [0.15, 0.2) is 60.2 Å². The Hall–Kier alpha value is -3.52. The van der Waals surface area contributed by atoms with E-state index in [-0.39, 0.29) is 18.3 Å². The standard InChI is InChI=1S/C22H18FN3O3S/c1-2-28-18-6-4-3-5-17(18)26-19(27)11-29-21-20-16(12-30-22(20)25-13-24-21)14-7-9-15(23)10-8-14/h3-10,12-13H,2,11H2,1H3,(H,26,27). The summed E-state index contributed by atoms with van der Waals surface area (Å²) in [7, 11) is 0. The zero-order chi connectivity index (χ0) is 20.9. The number of para-hydroxylation sites is 2. The summed E-state index contributed by atoms with van der Waals surface area (Å²) in [6.45, 7) is 2.14. The van der Waals surface area contributed by atoms with Gasteiger partial charge in [-0.15, -0.1) is 11.3 Å². The highest BCUT2D eigenvalue weighted by molar-refractivity contribution is 7.17. The number of nitrogens with one attached hydrogen (secondary N) is 1. The van der Waals surface area contributed by atoms with Crippen LogP contribution >= 0.6 is 11.3 Å². The predicted octanol–water partition coefficient (Wildman–Crippen LogP) is 4.91. The molecular formula is C22H18FN3O3S. The zero-order valence-electron chi connectivity index (χ0n) is 16.1. The molecule has 2 heterocycles. The van der Waals surface area contributed by atoms with Gasteiger partial charge in [-0.2, -0.15) is 0 Å². The molecule has 0 aliphatic heterocycles. The average molecular weight is 423 g/mol. The molecule has 2 aromatic heterocycles. The molecule has 30 heavy (non-hydrogen) atoms. The van der Waals surface area contributed by atoms with Crippen LogP contribution in [0.2, 0.25) is 0 Å². The van der Waals surface area contributed by atoms with E-state index in [1.54, 1.807) is 24.3 Å². The molecule has 0 saturated carbocycles. The SMILES string of the molecule is CCOc1ccccc1NC(=O)COc1ncnc2scc(-c3ccc(F)cc3)c12. The van der Waals surface area contributed by atoms with E-state index in [9.17, 15) is 9.18 Å². The Morgan fingerprint density at radius 3 is 2.70 bits per heavy atom. The molecule has 8 heteroatoms. The lowest BCUT2D eigenvalue weighted by molar-refractivity contribution is -0.118. The van der Waals surface area contributed by atoms with E-state index in [2.05, 4.69) is 15.3 Å². The van der Waals surface area contributed by atoms with Gasteiger partial charge in [-0.1, -0.05) is 24.3 Å².